The van der Waals surface area contributed by atoms with Gasteiger partial charge in [0.1, 0.15) is 6.10 Å². The molecule has 10 heteroatoms. The van der Waals surface area contributed by atoms with Crippen molar-refractivity contribution in [2.75, 3.05) is 32.9 Å². The van der Waals surface area contributed by atoms with Crippen molar-refractivity contribution in [3.63, 3.8) is 0 Å². The van der Waals surface area contributed by atoms with Crippen LogP contribution in [0.15, 0.2) is 0 Å². The first-order valence-electron chi connectivity index (χ1n) is 19.0. The number of carbonyl (C=O) groups is 1. The lowest BCUT2D eigenvalue weighted by molar-refractivity contribution is -0.248. The van der Waals surface area contributed by atoms with Gasteiger partial charge in [-0.25, -0.2) is 0 Å². The Kier molecular flexibility index (Phi) is 7.57. The summed E-state index contributed by atoms with van der Waals surface area (Å²) in [6.07, 6.45) is 4.79. The summed E-state index contributed by atoms with van der Waals surface area (Å²) in [4.78, 5) is 15.2. The van der Waals surface area contributed by atoms with E-state index in [1.54, 1.807) is 13.8 Å². The molecule has 1 amide bonds. The molecule has 8 rings (SSSR count). The highest BCUT2D eigenvalue weighted by molar-refractivity contribution is 5.83. The maximum absolute atomic E-state index is 13.3. The molecule has 272 valence electrons. The largest absolute Gasteiger partial charge is 0.388 e. The minimum atomic E-state index is -1.29. The molecule has 3 heterocycles. The van der Waals surface area contributed by atoms with Gasteiger partial charge >= 0.3 is 0 Å². The summed E-state index contributed by atoms with van der Waals surface area (Å²) >= 11 is 0. The smallest absolute Gasteiger partial charge is 0.233 e. The quantitative estimate of drug-likeness (QED) is 0.346. The SMILES string of the molecule is CC1CC(C(O)C(C)(C)O)OC2C1C1(C)CCC34CC35CCC(OC3CN(C(=O)C6(C)COC6)CCO3)C(C)(C)C5CCC4C1(N)C2O. The predicted molar refractivity (Wildman–Crippen MR) is 177 cm³/mol. The van der Waals surface area contributed by atoms with E-state index in [1.165, 1.54) is 6.42 Å². The molecule has 10 nitrogen and oxygen atoms in total. The Morgan fingerprint density at radius 1 is 1.04 bits per heavy atom. The monoisotopic (exact) mass is 674 g/mol. The maximum atomic E-state index is 13.3. The Morgan fingerprint density at radius 3 is 2.40 bits per heavy atom. The minimum Gasteiger partial charge on any atom is -0.388 e. The summed E-state index contributed by atoms with van der Waals surface area (Å²) < 4.78 is 24.9. The summed E-state index contributed by atoms with van der Waals surface area (Å²) in [7, 11) is 0. The van der Waals surface area contributed by atoms with Gasteiger partial charge in [-0.05, 0) is 117 Å². The van der Waals surface area contributed by atoms with Crippen molar-refractivity contribution in [3.05, 3.63) is 0 Å². The molecule has 0 aromatic heterocycles. The van der Waals surface area contributed by atoms with Crippen LogP contribution in [0.3, 0.4) is 0 Å². The van der Waals surface area contributed by atoms with E-state index in [2.05, 4.69) is 27.7 Å². The molecule has 14 unspecified atom stereocenters. The second-order valence-electron chi connectivity index (χ2n) is 19.5. The van der Waals surface area contributed by atoms with Gasteiger partial charge in [0.05, 0.1) is 67.3 Å². The van der Waals surface area contributed by atoms with Crippen LogP contribution in [0.1, 0.15) is 99.8 Å². The van der Waals surface area contributed by atoms with Gasteiger partial charge in [0, 0.05) is 6.54 Å². The predicted octanol–water partition coefficient (Wildman–Crippen LogP) is 3.23. The average molecular weight is 675 g/mol. The number of nitrogens with zero attached hydrogens (tertiary/aromatic N) is 1. The fraction of sp³-hybridized carbons (Fsp3) is 0.974. The van der Waals surface area contributed by atoms with Crippen molar-refractivity contribution in [1.82, 2.24) is 4.90 Å². The number of nitrogens with two attached hydrogens (primary N) is 1. The highest BCUT2D eigenvalue weighted by atomic mass is 16.7. The average Bonchev–Trinajstić information content (AvgIpc) is 3.65. The van der Waals surface area contributed by atoms with Gasteiger partial charge < -0.3 is 44.9 Å². The molecule has 0 aromatic rings. The molecule has 0 bridgehead atoms. The molecule has 5 saturated carbocycles. The van der Waals surface area contributed by atoms with Crippen LogP contribution >= 0.6 is 0 Å². The number of rotatable bonds is 5. The Hall–Kier alpha value is -0.850. The summed E-state index contributed by atoms with van der Waals surface area (Å²) in [5.74, 6) is 1.15. The van der Waals surface area contributed by atoms with Gasteiger partial charge in [0.25, 0.3) is 0 Å². The third-order valence-electron chi connectivity index (χ3n) is 16.3. The normalized spacial score (nSPS) is 52.5. The van der Waals surface area contributed by atoms with Crippen molar-refractivity contribution < 1.29 is 39.1 Å². The molecule has 48 heavy (non-hydrogen) atoms. The minimum absolute atomic E-state index is 0.0408. The van der Waals surface area contributed by atoms with Crippen molar-refractivity contribution in [1.29, 1.82) is 0 Å². The first-order chi connectivity index (χ1) is 22.4. The summed E-state index contributed by atoms with van der Waals surface area (Å²) in [5.41, 5.74) is 5.21. The Labute approximate surface area is 286 Å². The zero-order valence-corrected chi connectivity index (χ0v) is 30.4. The van der Waals surface area contributed by atoms with Gasteiger partial charge in [-0.15, -0.1) is 0 Å². The molecule has 0 aromatic carbocycles. The molecule has 3 aliphatic heterocycles. The number of amides is 1. The van der Waals surface area contributed by atoms with Crippen molar-refractivity contribution >= 4 is 5.91 Å². The number of aliphatic hydroxyl groups is 3. The summed E-state index contributed by atoms with van der Waals surface area (Å²) in [6, 6.07) is 0. The standard InChI is InChI=1S/C38H62N2O8/c1-21-16-22(29(41)33(4,5)44)47-28-27(21)35(7)12-13-37-18-36(37)11-10-25(32(2,3)23(36)8-9-24(37)38(35,39)30(28)42)48-26-17-40(14-15-46-26)31(43)34(6)19-45-20-34/h21-30,41-42,44H,8-20,39H2,1-7H3. The van der Waals surface area contributed by atoms with Crippen LogP contribution in [0.2, 0.25) is 0 Å². The number of aliphatic hydroxyl groups excluding tert-OH is 2. The second-order valence-corrected chi connectivity index (χ2v) is 19.5. The lowest BCUT2D eigenvalue weighted by Crippen LogP contribution is -2.70. The van der Waals surface area contributed by atoms with Gasteiger partial charge in [0.15, 0.2) is 6.29 Å². The molecule has 8 aliphatic rings. The Balaban J connectivity index is 1.01. The number of carbonyl (C=O) groups excluding carboxylic acids is 1. The third-order valence-corrected chi connectivity index (χ3v) is 16.3. The summed E-state index contributed by atoms with van der Waals surface area (Å²) in [6.45, 7) is 17.1. The summed E-state index contributed by atoms with van der Waals surface area (Å²) in [5, 5.41) is 34.0. The van der Waals surface area contributed by atoms with Gasteiger partial charge in [-0.1, -0.05) is 27.7 Å². The van der Waals surface area contributed by atoms with Crippen LogP contribution < -0.4 is 5.73 Å². The lowest BCUT2D eigenvalue weighted by atomic mass is 9.43. The molecule has 3 saturated heterocycles. The topological polar surface area (TPSA) is 144 Å². The van der Waals surface area contributed by atoms with E-state index >= 15 is 0 Å². The zero-order chi connectivity index (χ0) is 34.4. The van der Waals surface area contributed by atoms with E-state index in [1.807, 2.05) is 11.8 Å². The molecule has 8 fully saturated rings. The van der Waals surface area contributed by atoms with Gasteiger partial charge in [0.2, 0.25) is 5.91 Å². The Morgan fingerprint density at radius 2 is 1.73 bits per heavy atom. The van der Waals surface area contributed by atoms with Crippen molar-refractivity contribution in [2.45, 2.75) is 148 Å². The van der Waals surface area contributed by atoms with Crippen LogP contribution in [0.5, 0.6) is 0 Å². The molecule has 0 radical (unpaired) electrons. The van der Waals surface area contributed by atoms with E-state index in [0.29, 0.717) is 45.2 Å². The van der Waals surface area contributed by atoms with Crippen molar-refractivity contribution in [3.8, 4) is 0 Å². The molecule has 5 aliphatic carbocycles. The molecule has 2 spiro atoms. The van der Waals surface area contributed by atoms with E-state index in [0.717, 1.165) is 38.5 Å². The van der Waals surface area contributed by atoms with Crippen molar-refractivity contribution in [2.24, 2.45) is 56.5 Å². The molecular formula is C38H62N2O8. The number of fused-ring (bicyclic) bond motifs is 4. The van der Waals surface area contributed by atoms with Gasteiger partial charge in [-0.2, -0.15) is 0 Å². The lowest BCUT2D eigenvalue weighted by Gasteiger charge is -2.63. The van der Waals surface area contributed by atoms with Crippen LogP contribution in [0.25, 0.3) is 0 Å². The molecule has 5 N–H and O–H groups in total. The number of hydrogen-bond donors (Lipinski definition) is 4. The number of hydrogen-bond acceptors (Lipinski definition) is 9. The van der Waals surface area contributed by atoms with Crippen LogP contribution in [-0.4, -0.2) is 107 Å². The van der Waals surface area contributed by atoms with E-state index in [-0.39, 0.29) is 51.4 Å². The second kappa shape index (κ2) is 10.6. The highest BCUT2D eigenvalue weighted by Crippen LogP contribution is 2.87. The number of morpholine rings is 1. The van der Waals surface area contributed by atoms with Gasteiger partial charge in [-0.3, -0.25) is 4.79 Å². The third kappa shape index (κ3) is 4.29. The van der Waals surface area contributed by atoms with Crippen LogP contribution in [0.4, 0.5) is 0 Å². The first kappa shape index (κ1) is 34.2. The fourth-order valence-electron chi connectivity index (χ4n) is 13.8. The van der Waals surface area contributed by atoms with Crippen LogP contribution in [0, 0.1) is 50.7 Å². The van der Waals surface area contributed by atoms with Crippen LogP contribution in [-0.2, 0) is 23.7 Å². The number of ether oxygens (including phenoxy) is 4. The fourth-order valence-corrected chi connectivity index (χ4v) is 13.8. The highest BCUT2D eigenvalue weighted by Gasteiger charge is 2.85. The maximum Gasteiger partial charge on any atom is 0.233 e. The Bertz CT molecular complexity index is 1320. The zero-order valence-electron chi connectivity index (χ0n) is 30.4. The van der Waals surface area contributed by atoms with E-state index in [4.69, 9.17) is 24.7 Å². The van der Waals surface area contributed by atoms with E-state index < -0.39 is 47.3 Å². The molecular weight excluding hydrogens is 612 g/mol. The van der Waals surface area contributed by atoms with E-state index in [9.17, 15) is 20.1 Å². The molecule has 14 atom stereocenters. The first-order valence-corrected chi connectivity index (χ1v) is 19.0.